The van der Waals surface area contributed by atoms with Gasteiger partial charge >= 0.3 is 5.63 Å². The highest BCUT2D eigenvalue weighted by atomic mass is 35.5. The van der Waals surface area contributed by atoms with Crippen molar-refractivity contribution in [3.8, 4) is 5.75 Å². The SMILES string of the molecule is O=c1oc2ccccc2c(O)c1N=Nc1cccc(Cl)c1. The number of nitrogens with zero attached hydrogens (tertiary/aromatic N) is 2. The molecule has 0 atom stereocenters. The van der Waals surface area contributed by atoms with Crippen LogP contribution in [0.1, 0.15) is 0 Å². The zero-order valence-electron chi connectivity index (χ0n) is 10.7. The van der Waals surface area contributed by atoms with E-state index in [0.29, 0.717) is 21.7 Å². The topological polar surface area (TPSA) is 75.2 Å². The number of benzene rings is 2. The van der Waals surface area contributed by atoms with E-state index in [9.17, 15) is 9.90 Å². The van der Waals surface area contributed by atoms with E-state index in [1.165, 1.54) is 0 Å². The second kappa shape index (κ2) is 5.38. The number of azo groups is 1. The predicted octanol–water partition coefficient (Wildman–Crippen LogP) is 4.57. The van der Waals surface area contributed by atoms with E-state index < -0.39 is 5.63 Å². The lowest BCUT2D eigenvalue weighted by atomic mass is 10.2. The van der Waals surface area contributed by atoms with E-state index in [4.69, 9.17) is 16.0 Å². The van der Waals surface area contributed by atoms with Crippen molar-refractivity contribution >= 4 is 33.9 Å². The van der Waals surface area contributed by atoms with Crippen LogP contribution in [0.3, 0.4) is 0 Å². The number of hydrogen-bond acceptors (Lipinski definition) is 5. The summed E-state index contributed by atoms with van der Waals surface area (Å²) >= 11 is 5.84. The molecular weight excluding hydrogens is 292 g/mol. The molecule has 104 valence electrons. The van der Waals surface area contributed by atoms with Gasteiger partial charge in [-0.1, -0.05) is 29.8 Å². The largest absolute Gasteiger partial charge is 0.505 e. The minimum Gasteiger partial charge on any atom is -0.505 e. The first-order valence-corrected chi connectivity index (χ1v) is 6.45. The van der Waals surface area contributed by atoms with Crippen LogP contribution in [-0.4, -0.2) is 5.11 Å². The molecule has 0 bridgehead atoms. The van der Waals surface area contributed by atoms with E-state index in [2.05, 4.69) is 10.2 Å². The van der Waals surface area contributed by atoms with Crippen LogP contribution in [-0.2, 0) is 0 Å². The summed E-state index contributed by atoms with van der Waals surface area (Å²) in [4.78, 5) is 11.8. The van der Waals surface area contributed by atoms with Crippen LogP contribution in [0.5, 0.6) is 5.75 Å². The highest BCUT2D eigenvalue weighted by Gasteiger charge is 2.13. The average Bonchev–Trinajstić information content (AvgIpc) is 2.47. The molecule has 5 nitrogen and oxygen atoms in total. The summed E-state index contributed by atoms with van der Waals surface area (Å²) in [5.41, 5.74) is -0.234. The second-order valence-electron chi connectivity index (χ2n) is 4.26. The fourth-order valence-corrected chi connectivity index (χ4v) is 2.04. The molecule has 1 aromatic heterocycles. The molecule has 2 aromatic carbocycles. The highest BCUT2D eigenvalue weighted by molar-refractivity contribution is 6.30. The lowest BCUT2D eigenvalue weighted by molar-refractivity contribution is 0.469. The van der Waals surface area contributed by atoms with Crippen LogP contribution in [0.4, 0.5) is 11.4 Å². The smallest absolute Gasteiger partial charge is 0.368 e. The van der Waals surface area contributed by atoms with Crippen molar-refractivity contribution in [3.05, 3.63) is 64.0 Å². The highest BCUT2D eigenvalue weighted by Crippen LogP contribution is 2.32. The Morgan fingerprint density at radius 1 is 1.05 bits per heavy atom. The average molecular weight is 301 g/mol. The van der Waals surface area contributed by atoms with Crippen LogP contribution in [0.25, 0.3) is 11.0 Å². The van der Waals surface area contributed by atoms with Crippen LogP contribution in [0.2, 0.25) is 5.02 Å². The monoisotopic (exact) mass is 300 g/mol. The minimum atomic E-state index is -0.753. The van der Waals surface area contributed by atoms with Crippen LogP contribution in [0.15, 0.2) is 68.0 Å². The van der Waals surface area contributed by atoms with E-state index in [1.807, 2.05) is 0 Å². The summed E-state index contributed by atoms with van der Waals surface area (Å²) < 4.78 is 5.09. The molecule has 0 aliphatic carbocycles. The van der Waals surface area contributed by atoms with Gasteiger partial charge in [-0.2, -0.15) is 5.11 Å². The van der Waals surface area contributed by atoms with Gasteiger partial charge in [0.15, 0.2) is 5.75 Å². The van der Waals surface area contributed by atoms with Crippen LogP contribution in [0, 0.1) is 0 Å². The summed E-state index contributed by atoms with van der Waals surface area (Å²) in [5.74, 6) is -0.257. The summed E-state index contributed by atoms with van der Waals surface area (Å²) in [6.07, 6.45) is 0. The Morgan fingerprint density at radius 2 is 1.86 bits per heavy atom. The quantitative estimate of drug-likeness (QED) is 0.556. The maximum atomic E-state index is 11.8. The third-order valence-electron chi connectivity index (χ3n) is 2.84. The Hall–Kier alpha value is -2.66. The number of hydrogen-bond donors (Lipinski definition) is 1. The maximum absolute atomic E-state index is 11.8. The van der Waals surface area contributed by atoms with Crippen LogP contribution < -0.4 is 5.63 Å². The Bertz CT molecular complexity index is 903. The fraction of sp³-hybridized carbons (Fsp3) is 0. The van der Waals surface area contributed by atoms with Gasteiger partial charge in [0.25, 0.3) is 0 Å². The van der Waals surface area contributed by atoms with E-state index in [1.54, 1.807) is 48.5 Å². The first kappa shape index (κ1) is 13.3. The van der Waals surface area contributed by atoms with E-state index in [0.717, 1.165) is 0 Å². The molecule has 1 heterocycles. The molecule has 3 rings (SSSR count). The Balaban J connectivity index is 2.10. The molecule has 21 heavy (non-hydrogen) atoms. The predicted molar refractivity (Wildman–Crippen MR) is 79.8 cm³/mol. The number of fused-ring (bicyclic) bond motifs is 1. The molecule has 0 spiro atoms. The van der Waals surface area contributed by atoms with Gasteiger partial charge in [0.1, 0.15) is 5.58 Å². The van der Waals surface area contributed by atoms with Gasteiger partial charge in [-0.05, 0) is 30.3 Å². The van der Waals surface area contributed by atoms with Gasteiger partial charge in [0, 0.05) is 5.02 Å². The summed E-state index contributed by atoms with van der Waals surface area (Å²) in [6, 6.07) is 13.3. The number of para-hydroxylation sites is 1. The number of aromatic hydroxyl groups is 1. The summed E-state index contributed by atoms with van der Waals surface area (Å²) in [7, 11) is 0. The molecule has 0 aliphatic rings. The van der Waals surface area contributed by atoms with Crippen molar-refractivity contribution in [2.24, 2.45) is 10.2 Å². The van der Waals surface area contributed by atoms with Crippen molar-refractivity contribution in [2.45, 2.75) is 0 Å². The van der Waals surface area contributed by atoms with Gasteiger partial charge < -0.3 is 9.52 Å². The molecule has 0 amide bonds. The van der Waals surface area contributed by atoms with E-state index >= 15 is 0 Å². The minimum absolute atomic E-state index is 0.242. The molecule has 0 saturated heterocycles. The third-order valence-corrected chi connectivity index (χ3v) is 3.07. The van der Waals surface area contributed by atoms with Gasteiger partial charge in [-0.15, -0.1) is 5.11 Å². The first-order chi connectivity index (χ1) is 10.1. The zero-order chi connectivity index (χ0) is 14.8. The Morgan fingerprint density at radius 3 is 2.67 bits per heavy atom. The molecule has 0 aliphatic heterocycles. The van der Waals surface area contributed by atoms with Crippen molar-refractivity contribution in [2.75, 3.05) is 0 Å². The molecule has 6 heteroatoms. The molecule has 3 aromatic rings. The van der Waals surface area contributed by atoms with Gasteiger partial charge in [-0.25, -0.2) is 4.79 Å². The van der Waals surface area contributed by atoms with E-state index in [-0.39, 0.29) is 11.4 Å². The number of halogens is 1. The Labute approximate surface area is 124 Å². The van der Waals surface area contributed by atoms with Crippen molar-refractivity contribution in [1.29, 1.82) is 0 Å². The Kier molecular flexibility index (Phi) is 3.41. The van der Waals surface area contributed by atoms with Crippen molar-refractivity contribution in [3.63, 3.8) is 0 Å². The summed E-state index contributed by atoms with van der Waals surface area (Å²) in [5, 5.41) is 18.7. The molecule has 0 unspecified atom stereocenters. The summed E-state index contributed by atoms with van der Waals surface area (Å²) in [6.45, 7) is 0. The van der Waals surface area contributed by atoms with Gasteiger partial charge in [-0.3, -0.25) is 0 Å². The van der Waals surface area contributed by atoms with Gasteiger partial charge in [0.2, 0.25) is 5.69 Å². The molecular formula is C15H9ClN2O3. The molecule has 0 saturated carbocycles. The lowest BCUT2D eigenvalue weighted by Gasteiger charge is -2.01. The van der Waals surface area contributed by atoms with Crippen molar-refractivity contribution < 1.29 is 9.52 Å². The zero-order valence-corrected chi connectivity index (χ0v) is 11.4. The standard InChI is InChI=1S/C15H9ClN2O3/c16-9-4-3-5-10(8-9)17-18-13-14(19)11-6-1-2-7-12(11)21-15(13)20/h1-8,19H. The lowest BCUT2D eigenvalue weighted by Crippen LogP contribution is -1.98. The second-order valence-corrected chi connectivity index (χ2v) is 4.70. The number of rotatable bonds is 2. The normalized spacial score (nSPS) is 11.3. The van der Waals surface area contributed by atoms with Crippen LogP contribution >= 0.6 is 11.6 Å². The molecule has 1 N–H and O–H groups in total. The first-order valence-electron chi connectivity index (χ1n) is 6.07. The third kappa shape index (κ3) is 2.64. The maximum Gasteiger partial charge on any atom is 0.368 e. The fourth-order valence-electron chi connectivity index (χ4n) is 1.86. The van der Waals surface area contributed by atoms with Crippen molar-refractivity contribution in [1.82, 2.24) is 0 Å². The molecule has 0 radical (unpaired) electrons. The van der Waals surface area contributed by atoms with Gasteiger partial charge in [0.05, 0.1) is 11.1 Å². The molecule has 0 fully saturated rings.